The monoisotopic (exact) mass is 344 g/mol. The van der Waals surface area contributed by atoms with E-state index in [0.717, 1.165) is 49.2 Å². The number of carbonyl (C=O) groups is 1. The van der Waals surface area contributed by atoms with Crippen molar-refractivity contribution >= 4 is 27.3 Å². The summed E-state index contributed by atoms with van der Waals surface area (Å²) < 4.78 is 24.2. The molecule has 0 radical (unpaired) electrons. The smallest absolute Gasteiger partial charge is 0.238 e. The fraction of sp³-hybridized carbons (Fsp3) is 0.667. The van der Waals surface area contributed by atoms with E-state index in [-0.39, 0.29) is 18.5 Å². The van der Waals surface area contributed by atoms with E-state index in [1.54, 1.807) is 11.3 Å². The van der Waals surface area contributed by atoms with E-state index in [9.17, 15) is 13.2 Å². The summed E-state index contributed by atoms with van der Waals surface area (Å²) in [5.74, 6) is -0.0867. The van der Waals surface area contributed by atoms with Crippen LogP contribution in [0, 0.1) is 0 Å². The van der Waals surface area contributed by atoms with Gasteiger partial charge in [-0.25, -0.2) is 8.42 Å². The Bertz CT molecular complexity index is 584. The number of likely N-dealkylation sites (tertiary alicyclic amines) is 1. The molecular formula is C15H24N2O3S2. The standard InChI is InChI=1S/C15H24N2O3S2/c1-16(22(2,19)20)12-15(18)17-9-5-3-4-7-13(17)11-14-8-6-10-21-14/h6,8,10,13H,3-5,7,9,11-12H2,1-2H3/t13-/m1/s1. The molecule has 0 aliphatic carbocycles. The predicted molar refractivity (Wildman–Crippen MR) is 89.5 cm³/mol. The van der Waals surface area contributed by atoms with Crippen LogP contribution in [-0.2, 0) is 21.2 Å². The van der Waals surface area contributed by atoms with Gasteiger partial charge in [-0.15, -0.1) is 11.3 Å². The second-order valence-electron chi connectivity index (χ2n) is 5.89. The van der Waals surface area contributed by atoms with Gasteiger partial charge in [-0.3, -0.25) is 4.79 Å². The largest absolute Gasteiger partial charge is 0.338 e. The number of amides is 1. The van der Waals surface area contributed by atoms with Crippen LogP contribution in [0.5, 0.6) is 0 Å². The van der Waals surface area contributed by atoms with Gasteiger partial charge >= 0.3 is 0 Å². The molecule has 0 aromatic carbocycles. The molecule has 1 aromatic heterocycles. The van der Waals surface area contributed by atoms with Crippen LogP contribution in [0.3, 0.4) is 0 Å². The van der Waals surface area contributed by atoms with Crippen LogP contribution < -0.4 is 0 Å². The average Bonchev–Trinajstić information content (AvgIpc) is 2.82. The third kappa shape index (κ3) is 4.79. The van der Waals surface area contributed by atoms with E-state index in [4.69, 9.17) is 0 Å². The van der Waals surface area contributed by atoms with Crippen LogP contribution >= 0.6 is 11.3 Å². The molecule has 0 N–H and O–H groups in total. The Morgan fingerprint density at radius 3 is 2.82 bits per heavy atom. The second-order valence-corrected chi connectivity index (χ2v) is 9.01. The minimum atomic E-state index is -3.33. The van der Waals surface area contributed by atoms with Gasteiger partial charge in [-0.1, -0.05) is 18.9 Å². The summed E-state index contributed by atoms with van der Waals surface area (Å²) >= 11 is 1.71. The molecule has 2 rings (SSSR count). The van der Waals surface area contributed by atoms with E-state index in [1.165, 1.54) is 11.9 Å². The molecule has 0 spiro atoms. The van der Waals surface area contributed by atoms with Crippen molar-refractivity contribution < 1.29 is 13.2 Å². The van der Waals surface area contributed by atoms with Gasteiger partial charge in [0, 0.05) is 30.9 Å². The fourth-order valence-corrected chi connectivity index (χ4v) is 3.90. The predicted octanol–water partition coefficient (Wildman–Crippen LogP) is 1.95. The Kier molecular flexibility index (Phi) is 6.00. The summed E-state index contributed by atoms with van der Waals surface area (Å²) in [6.07, 6.45) is 6.24. The highest BCUT2D eigenvalue weighted by Gasteiger charge is 2.27. The molecule has 1 aliphatic rings. The van der Waals surface area contributed by atoms with Crippen LogP contribution in [0.1, 0.15) is 30.6 Å². The van der Waals surface area contributed by atoms with Crippen LogP contribution in [-0.4, -0.2) is 56.0 Å². The highest BCUT2D eigenvalue weighted by Crippen LogP contribution is 2.22. The molecule has 5 nitrogen and oxygen atoms in total. The number of carbonyl (C=O) groups excluding carboxylic acids is 1. The highest BCUT2D eigenvalue weighted by atomic mass is 32.2. The summed E-state index contributed by atoms with van der Waals surface area (Å²) in [4.78, 5) is 15.7. The van der Waals surface area contributed by atoms with Crippen molar-refractivity contribution in [2.75, 3.05) is 26.4 Å². The summed E-state index contributed by atoms with van der Waals surface area (Å²) in [7, 11) is -1.87. The molecule has 1 aliphatic heterocycles. The van der Waals surface area contributed by atoms with Crippen molar-refractivity contribution in [1.29, 1.82) is 0 Å². The van der Waals surface area contributed by atoms with Crippen LogP contribution in [0.15, 0.2) is 17.5 Å². The lowest BCUT2D eigenvalue weighted by atomic mass is 10.1. The lowest BCUT2D eigenvalue weighted by molar-refractivity contribution is -0.133. The van der Waals surface area contributed by atoms with E-state index >= 15 is 0 Å². The zero-order valence-electron chi connectivity index (χ0n) is 13.2. The molecule has 0 unspecified atom stereocenters. The van der Waals surface area contributed by atoms with Gasteiger partial charge in [-0.2, -0.15) is 4.31 Å². The maximum atomic E-state index is 12.6. The fourth-order valence-electron chi connectivity index (χ4n) is 2.78. The topological polar surface area (TPSA) is 57.7 Å². The normalized spacial score (nSPS) is 20.1. The number of sulfonamides is 1. The van der Waals surface area contributed by atoms with Gasteiger partial charge in [0.05, 0.1) is 12.8 Å². The summed E-state index contributed by atoms with van der Waals surface area (Å²) in [5, 5.41) is 2.05. The molecule has 1 fully saturated rings. The molecular weight excluding hydrogens is 320 g/mol. The molecule has 124 valence electrons. The number of thiophene rings is 1. The van der Waals surface area contributed by atoms with Crippen LogP contribution in [0.25, 0.3) is 0 Å². The van der Waals surface area contributed by atoms with Gasteiger partial charge in [0.25, 0.3) is 0 Å². The zero-order valence-corrected chi connectivity index (χ0v) is 14.8. The molecule has 0 saturated carbocycles. The second kappa shape index (κ2) is 7.57. The Morgan fingerprint density at radius 2 is 2.18 bits per heavy atom. The SMILES string of the molecule is CN(CC(=O)N1CCCCC[C@@H]1Cc1cccs1)S(C)(=O)=O. The molecule has 22 heavy (non-hydrogen) atoms. The first-order valence-electron chi connectivity index (χ1n) is 7.61. The minimum absolute atomic E-state index is 0.0697. The highest BCUT2D eigenvalue weighted by molar-refractivity contribution is 7.88. The summed E-state index contributed by atoms with van der Waals surface area (Å²) in [6, 6.07) is 4.31. The lowest BCUT2D eigenvalue weighted by Crippen LogP contribution is -2.46. The molecule has 7 heteroatoms. The van der Waals surface area contributed by atoms with Crippen LogP contribution in [0.2, 0.25) is 0 Å². The van der Waals surface area contributed by atoms with E-state index < -0.39 is 10.0 Å². The van der Waals surface area contributed by atoms with Crippen molar-refractivity contribution in [2.45, 2.75) is 38.1 Å². The molecule has 2 heterocycles. The molecule has 1 amide bonds. The van der Waals surface area contributed by atoms with Crippen LogP contribution in [0.4, 0.5) is 0 Å². The van der Waals surface area contributed by atoms with E-state index in [2.05, 4.69) is 11.4 Å². The number of rotatable bonds is 5. The molecule has 1 atom stereocenters. The Hall–Kier alpha value is -0.920. The lowest BCUT2D eigenvalue weighted by Gasteiger charge is -2.31. The summed E-state index contributed by atoms with van der Waals surface area (Å²) in [5.41, 5.74) is 0. The van der Waals surface area contributed by atoms with Gasteiger partial charge in [0.2, 0.25) is 15.9 Å². The van der Waals surface area contributed by atoms with E-state index in [0.29, 0.717) is 0 Å². The Balaban J connectivity index is 2.07. The third-order valence-corrected chi connectivity index (χ3v) is 6.30. The maximum absolute atomic E-state index is 12.6. The van der Waals surface area contributed by atoms with Gasteiger partial charge < -0.3 is 4.90 Å². The Labute approximate surface area is 137 Å². The number of likely N-dealkylation sites (N-methyl/N-ethyl adjacent to an activating group) is 1. The first-order valence-corrected chi connectivity index (χ1v) is 10.3. The van der Waals surface area contributed by atoms with Gasteiger partial charge in [0.1, 0.15) is 0 Å². The molecule has 1 aromatic rings. The number of hydrogen-bond acceptors (Lipinski definition) is 4. The van der Waals surface area contributed by atoms with E-state index in [1.807, 2.05) is 11.0 Å². The number of nitrogens with zero attached hydrogens (tertiary/aromatic N) is 2. The van der Waals surface area contributed by atoms with Crippen molar-refractivity contribution in [3.63, 3.8) is 0 Å². The minimum Gasteiger partial charge on any atom is -0.338 e. The average molecular weight is 345 g/mol. The molecule has 1 saturated heterocycles. The van der Waals surface area contributed by atoms with Crippen molar-refractivity contribution in [3.8, 4) is 0 Å². The maximum Gasteiger partial charge on any atom is 0.238 e. The van der Waals surface area contributed by atoms with Crippen molar-refractivity contribution in [3.05, 3.63) is 22.4 Å². The van der Waals surface area contributed by atoms with Gasteiger partial charge in [-0.05, 0) is 24.3 Å². The third-order valence-electron chi connectivity index (χ3n) is 4.14. The van der Waals surface area contributed by atoms with Gasteiger partial charge in [0.15, 0.2) is 0 Å². The van der Waals surface area contributed by atoms with Crippen molar-refractivity contribution in [2.24, 2.45) is 0 Å². The first-order chi connectivity index (χ1) is 10.4. The van der Waals surface area contributed by atoms with Crippen molar-refractivity contribution in [1.82, 2.24) is 9.21 Å². The first kappa shape index (κ1) is 17.4. The zero-order chi connectivity index (χ0) is 16.2. The Morgan fingerprint density at radius 1 is 1.41 bits per heavy atom. The quantitative estimate of drug-likeness (QED) is 0.820. The number of hydrogen-bond donors (Lipinski definition) is 0. The summed E-state index contributed by atoms with van der Waals surface area (Å²) in [6.45, 7) is 0.659. The molecule has 0 bridgehead atoms.